The van der Waals surface area contributed by atoms with Crippen molar-refractivity contribution >= 4 is 23.6 Å². The van der Waals surface area contributed by atoms with Gasteiger partial charge in [0.05, 0.1) is 23.8 Å². The van der Waals surface area contributed by atoms with E-state index >= 15 is 0 Å². The number of nitrogens with zero attached hydrogens (tertiary/aromatic N) is 1. The number of fused-ring (bicyclic) bond motifs is 1. The molecule has 3 rings (SSSR count). The summed E-state index contributed by atoms with van der Waals surface area (Å²) < 4.78 is 23.3. The van der Waals surface area contributed by atoms with Crippen LogP contribution in [0.5, 0.6) is 5.75 Å². The zero-order valence-electron chi connectivity index (χ0n) is 15.6. The van der Waals surface area contributed by atoms with Gasteiger partial charge in [-0.1, -0.05) is 12.1 Å². The molecule has 0 N–H and O–H groups in total. The fourth-order valence-electron chi connectivity index (χ4n) is 3.02. The van der Waals surface area contributed by atoms with Gasteiger partial charge in [0.25, 0.3) is 11.8 Å². The van der Waals surface area contributed by atoms with Gasteiger partial charge in [-0.15, -0.1) is 0 Å². The molecule has 0 saturated carbocycles. The summed E-state index contributed by atoms with van der Waals surface area (Å²) in [7, 11) is 1.34. The van der Waals surface area contributed by atoms with Gasteiger partial charge >= 0.3 is 5.97 Å². The van der Waals surface area contributed by atoms with Gasteiger partial charge in [-0.3, -0.25) is 24.1 Å². The maximum atomic E-state index is 13.3. The molecule has 2 aromatic carbocycles. The van der Waals surface area contributed by atoms with Gasteiger partial charge in [-0.05, 0) is 36.8 Å². The van der Waals surface area contributed by atoms with E-state index in [1.807, 2.05) is 0 Å². The van der Waals surface area contributed by atoms with Crippen LogP contribution < -0.4 is 4.74 Å². The Morgan fingerprint density at radius 1 is 1.03 bits per heavy atom. The molecule has 0 atom stereocenters. The molecule has 0 aromatic heterocycles. The normalized spacial score (nSPS) is 12.7. The highest BCUT2D eigenvalue weighted by molar-refractivity contribution is 6.21. The van der Waals surface area contributed by atoms with Crippen molar-refractivity contribution in [1.29, 1.82) is 0 Å². The third kappa shape index (κ3) is 4.31. The summed E-state index contributed by atoms with van der Waals surface area (Å²) >= 11 is 0. The number of benzene rings is 2. The predicted octanol–water partition coefficient (Wildman–Crippen LogP) is 2.64. The number of methoxy groups -OCH3 is 1. The van der Waals surface area contributed by atoms with Crippen molar-refractivity contribution in [2.75, 3.05) is 20.3 Å². The lowest BCUT2D eigenvalue weighted by molar-refractivity contribution is -0.142. The Hall–Kier alpha value is -3.55. The Kier molecular flexibility index (Phi) is 6.01. The van der Waals surface area contributed by atoms with E-state index < -0.39 is 36.0 Å². The third-order valence-electron chi connectivity index (χ3n) is 4.47. The second-order valence-electron chi connectivity index (χ2n) is 6.34. The number of esters is 1. The van der Waals surface area contributed by atoms with Crippen molar-refractivity contribution in [3.63, 3.8) is 0 Å². The number of ketones is 1. The lowest BCUT2D eigenvalue weighted by atomic mass is 10.1. The van der Waals surface area contributed by atoms with Crippen molar-refractivity contribution in [3.8, 4) is 5.75 Å². The maximum absolute atomic E-state index is 13.3. The van der Waals surface area contributed by atoms with Crippen LogP contribution in [0.15, 0.2) is 42.5 Å². The van der Waals surface area contributed by atoms with Crippen molar-refractivity contribution in [2.24, 2.45) is 0 Å². The Morgan fingerprint density at radius 2 is 1.69 bits per heavy atom. The zero-order valence-corrected chi connectivity index (χ0v) is 15.6. The Labute approximate surface area is 166 Å². The Balaban J connectivity index is 1.48. The molecule has 1 aliphatic rings. The minimum absolute atomic E-state index is 0.0219. The number of hydrogen-bond donors (Lipinski definition) is 0. The van der Waals surface area contributed by atoms with Crippen molar-refractivity contribution in [1.82, 2.24) is 4.90 Å². The summed E-state index contributed by atoms with van der Waals surface area (Å²) in [5, 5.41) is 0. The van der Waals surface area contributed by atoms with Gasteiger partial charge in [0.2, 0.25) is 5.78 Å². The smallest absolute Gasteiger partial charge is 0.306 e. The molecule has 0 fully saturated rings. The van der Waals surface area contributed by atoms with Crippen LogP contribution in [0.3, 0.4) is 0 Å². The predicted molar refractivity (Wildman–Crippen MR) is 99.3 cm³/mol. The topological polar surface area (TPSA) is 90.0 Å². The highest BCUT2D eigenvalue weighted by Gasteiger charge is 2.34. The van der Waals surface area contributed by atoms with Crippen LogP contribution in [0.25, 0.3) is 0 Å². The van der Waals surface area contributed by atoms with Gasteiger partial charge in [0, 0.05) is 13.0 Å². The molecule has 29 heavy (non-hydrogen) atoms. The van der Waals surface area contributed by atoms with E-state index in [1.54, 1.807) is 24.3 Å². The minimum atomic E-state index is -0.662. The van der Waals surface area contributed by atoms with Crippen LogP contribution >= 0.6 is 0 Å². The second-order valence-corrected chi connectivity index (χ2v) is 6.34. The average molecular weight is 399 g/mol. The monoisotopic (exact) mass is 399 g/mol. The van der Waals surface area contributed by atoms with Gasteiger partial charge in [-0.25, -0.2) is 4.39 Å². The molecule has 0 bridgehead atoms. The fourth-order valence-corrected chi connectivity index (χ4v) is 3.02. The molecule has 0 unspecified atom stereocenters. The van der Waals surface area contributed by atoms with Crippen molar-refractivity contribution in [3.05, 3.63) is 65.0 Å². The number of Topliss-reactive ketones (excluding diaryl/α,β-unsaturated/α-hetero) is 1. The van der Waals surface area contributed by atoms with Crippen LogP contribution in [0.1, 0.15) is 43.9 Å². The summed E-state index contributed by atoms with van der Waals surface area (Å²) in [5.74, 6) is -2.49. The number of amides is 2. The van der Waals surface area contributed by atoms with E-state index in [2.05, 4.69) is 0 Å². The maximum Gasteiger partial charge on any atom is 0.306 e. The molecule has 0 saturated heterocycles. The van der Waals surface area contributed by atoms with Crippen LogP contribution in [0.4, 0.5) is 4.39 Å². The second kappa shape index (κ2) is 8.64. The summed E-state index contributed by atoms with van der Waals surface area (Å²) in [5.41, 5.74) is 0.663. The zero-order chi connectivity index (χ0) is 21.0. The number of imide groups is 1. The molecule has 1 heterocycles. The standard InChI is InChI=1S/C21H18FNO6/c1-28-18-9-8-13(22)11-16(18)17(24)12-29-19(25)7-4-10-23-20(26)14-5-2-3-6-15(14)21(23)27/h2-3,5-6,8-9,11H,4,7,10,12H2,1H3. The minimum Gasteiger partial charge on any atom is -0.496 e. The molecule has 2 aromatic rings. The third-order valence-corrected chi connectivity index (χ3v) is 4.47. The van der Waals surface area contributed by atoms with Crippen molar-refractivity contribution < 1.29 is 33.0 Å². The molecule has 7 nitrogen and oxygen atoms in total. The number of rotatable bonds is 8. The number of hydrogen-bond acceptors (Lipinski definition) is 6. The molecular weight excluding hydrogens is 381 g/mol. The summed E-state index contributed by atoms with van der Waals surface area (Å²) in [6.45, 7) is -0.501. The van der Waals surface area contributed by atoms with Crippen LogP contribution in [0.2, 0.25) is 0 Å². The van der Waals surface area contributed by atoms with Crippen LogP contribution in [0, 0.1) is 5.82 Å². The van der Waals surface area contributed by atoms with Crippen LogP contribution in [-0.4, -0.2) is 48.7 Å². The summed E-state index contributed by atoms with van der Waals surface area (Å²) in [4.78, 5) is 49.6. The number of halogens is 1. The van der Waals surface area contributed by atoms with E-state index in [0.717, 1.165) is 17.0 Å². The first-order valence-electron chi connectivity index (χ1n) is 8.90. The first kappa shape index (κ1) is 20.2. The molecular formula is C21H18FNO6. The molecule has 2 amide bonds. The molecule has 1 aliphatic heterocycles. The first-order valence-corrected chi connectivity index (χ1v) is 8.90. The number of carbonyl (C=O) groups is 4. The molecule has 0 radical (unpaired) electrons. The average Bonchev–Trinajstić information content (AvgIpc) is 2.97. The Morgan fingerprint density at radius 3 is 2.31 bits per heavy atom. The largest absolute Gasteiger partial charge is 0.496 e. The van der Waals surface area contributed by atoms with Gasteiger partial charge in [-0.2, -0.15) is 0 Å². The van der Waals surface area contributed by atoms with E-state index in [1.165, 1.54) is 13.2 Å². The summed E-state index contributed by atoms with van der Waals surface area (Å²) in [6.07, 6.45) is 0.114. The number of carbonyl (C=O) groups excluding carboxylic acids is 4. The molecule has 0 spiro atoms. The Bertz CT molecular complexity index is 952. The lowest BCUT2D eigenvalue weighted by Crippen LogP contribution is -2.31. The highest BCUT2D eigenvalue weighted by atomic mass is 19.1. The SMILES string of the molecule is COc1ccc(F)cc1C(=O)COC(=O)CCCN1C(=O)c2ccccc2C1=O. The van der Waals surface area contributed by atoms with E-state index in [0.29, 0.717) is 11.1 Å². The molecule has 150 valence electrons. The highest BCUT2D eigenvalue weighted by Crippen LogP contribution is 2.23. The number of ether oxygens (including phenoxy) is 2. The quantitative estimate of drug-likeness (QED) is 0.385. The molecule has 0 aliphatic carbocycles. The first-order chi connectivity index (χ1) is 13.9. The lowest BCUT2D eigenvalue weighted by Gasteiger charge is -2.13. The van der Waals surface area contributed by atoms with E-state index in [9.17, 15) is 23.6 Å². The molecule has 8 heteroatoms. The van der Waals surface area contributed by atoms with E-state index in [-0.39, 0.29) is 30.7 Å². The van der Waals surface area contributed by atoms with Gasteiger partial charge in [0.1, 0.15) is 11.6 Å². The van der Waals surface area contributed by atoms with Crippen LogP contribution in [-0.2, 0) is 9.53 Å². The van der Waals surface area contributed by atoms with Crippen molar-refractivity contribution in [2.45, 2.75) is 12.8 Å². The van der Waals surface area contributed by atoms with Gasteiger partial charge < -0.3 is 9.47 Å². The van der Waals surface area contributed by atoms with E-state index in [4.69, 9.17) is 9.47 Å². The fraction of sp³-hybridized carbons (Fsp3) is 0.238. The summed E-state index contributed by atoms with van der Waals surface area (Å²) in [6, 6.07) is 9.99. The van der Waals surface area contributed by atoms with Gasteiger partial charge in [0.15, 0.2) is 6.61 Å².